The Morgan fingerprint density at radius 1 is 1.43 bits per heavy atom. The molecule has 0 aliphatic carbocycles. The van der Waals surface area contributed by atoms with E-state index in [4.69, 9.17) is 0 Å². The molecule has 0 radical (unpaired) electrons. The molecule has 2 unspecified atom stereocenters. The maximum Gasteiger partial charge on any atom is 0.220 e. The molecule has 2 atom stereocenters. The second-order valence-corrected chi connectivity index (χ2v) is 5.84. The maximum atomic E-state index is 11.7. The van der Waals surface area contributed by atoms with Gasteiger partial charge in [0.05, 0.1) is 6.10 Å². The van der Waals surface area contributed by atoms with Gasteiger partial charge < -0.3 is 10.4 Å². The van der Waals surface area contributed by atoms with E-state index in [-0.39, 0.29) is 11.9 Å². The van der Waals surface area contributed by atoms with E-state index in [0.717, 1.165) is 37.9 Å². The van der Waals surface area contributed by atoms with Crippen LogP contribution in [0.25, 0.3) is 0 Å². The zero-order chi connectivity index (χ0) is 15.1. The molecule has 1 aromatic rings. The molecule has 0 bridgehead atoms. The van der Waals surface area contributed by atoms with Gasteiger partial charge in [0.1, 0.15) is 0 Å². The van der Waals surface area contributed by atoms with Gasteiger partial charge in [-0.1, -0.05) is 37.3 Å². The van der Waals surface area contributed by atoms with Crippen LogP contribution in [0.15, 0.2) is 30.3 Å². The lowest BCUT2D eigenvalue weighted by Gasteiger charge is -2.34. The lowest BCUT2D eigenvalue weighted by molar-refractivity contribution is -0.122. The molecule has 1 fully saturated rings. The number of rotatable bonds is 6. The van der Waals surface area contributed by atoms with E-state index >= 15 is 0 Å². The summed E-state index contributed by atoms with van der Waals surface area (Å²) < 4.78 is 0. The number of piperidine rings is 1. The largest absolute Gasteiger partial charge is 0.387 e. The van der Waals surface area contributed by atoms with E-state index in [1.54, 1.807) is 0 Å². The second kappa shape index (κ2) is 8.15. The summed E-state index contributed by atoms with van der Waals surface area (Å²) in [6.07, 6.45) is 3.13. The minimum atomic E-state index is -0.462. The highest BCUT2D eigenvalue weighted by Gasteiger charge is 2.23. The average Bonchev–Trinajstić information content (AvgIpc) is 2.48. The molecule has 0 aromatic heterocycles. The molecule has 116 valence electrons. The number of carbonyl (C=O) groups is 1. The SMILES string of the molecule is CCCC(=O)NC1CCCN(CC(O)c2ccccc2)C1. The summed E-state index contributed by atoms with van der Waals surface area (Å²) in [6, 6.07) is 9.98. The number of β-amino-alcohol motifs (C(OH)–C–C–N with tert-alkyl or cyclic N) is 1. The van der Waals surface area contributed by atoms with Crippen molar-refractivity contribution in [1.29, 1.82) is 0 Å². The number of carbonyl (C=O) groups excluding carboxylic acids is 1. The monoisotopic (exact) mass is 290 g/mol. The lowest BCUT2D eigenvalue weighted by atomic mass is 10.0. The van der Waals surface area contributed by atoms with E-state index in [9.17, 15) is 9.90 Å². The molecule has 2 N–H and O–H groups in total. The van der Waals surface area contributed by atoms with Gasteiger partial charge in [-0.05, 0) is 31.4 Å². The van der Waals surface area contributed by atoms with Crippen molar-refractivity contribution in [3.8, 4) is 0 Å². The van der Waals surface area contributed by atoms with E-state index in [1.165, 1.54) is 0 Å². The van der Waals surface area contributed by atoms with Crippen LogP contribution in [-0.2, 0) is 4.79 Å². The van der Waals surface area contributed by atoms with Crippen LogP contribution in [0.4, 0.5) is 0 Å². The van der Waals surface area contributed by atoms with Gasteiger partial charge in [-0.15, -0.1) is 0 Å². The molecule has 1 saturated heterocycles. The smallest absolute Gasteiger partial charge is 0.220 e. The van der Waals surface area contributed by atoms with Crippen molar-refractivity contribution in [3.05, 3.63) is 35.9 Å². The molecule has 1 amide bonds. The lowest BCUT2D eigenvalue weighted by Crippen LogP contribution is -2.48. The molecule has 1 aromatic carbocycles. The first-order chi connectivity index (χ1) is 10.2. The number of aliphatic hydroxyl groups is 1. The van der Waals surface area contributed by atoms with Crippen molar-refractivity contribution in [2.75, 3.05) is 19.6 Å². The summed E-state index contributed by atoms with van der Waals surface area (Å²) in [5.41, 5.74) is 0.953. The van der Waals surface area contributed by atoms with Crippen molar-refractivity contribution < 1.29 is 9.90 Å². The molecular weight excluding hydrogens is 264 g/mol. The topological polar surface area (TPSA) is 52.6 Å². The number of nitrogens with one attached hydrogen (secondary N) is 1. The summed E-state index contributed by atoms with van der Waals surface area (Å²) in [7, 11) is 0. The predicted molar refractivity (Wildman–Crippen MR) is 83.9 cm³/mol. The number of hydrogen-bond donors (Lipinski definition) is 2. The zero-order valence-electron chi connectivity index (χ0n) is 12.8. The number of amides is 1. The summed E-state index contributed by atoms with van der Waals surface area (Å²) in [5.74, 6) is 0.146. The van der Waals surface area contributed by atoms with Crippen LogP contribution in [0.5, 0.6) is 0 Å². The number of aliphatic hydroxyl groups excluding tert-OH is 1. The van der Waals surface area contributed by atoms with Crippen LogP contribution in [0, 0.1) is 0 Å². The average molecular weight is 290 g/mol. The molecule has 1 aliphatic rings. The van der Waals surface area contributed by atoms with Crippen LogP contribution in [0.1, 0.15) is 44.3 Å². The fourth-order valence-corrected chi connectivity index (χ4v) is 2.89. The van der Waals surface area contributed by atoms with E-state index in [0.29, 0.717) is 13.0 Å². The molecule has 1 heterocycles. The van der Waals surface area contributed by atoms with Gasteiger partial charge in [-0.3, -0.25) is 9.69 Å². The molecule has 21 heavy (non-hydrogen) atoms. The standard InChI is InChI=1S/C17H26N2O2/c1-2-7-17(21)18-15-10-6-11-19(12-15)13-16(20)14-8-4-3-5-9-14/h3-5,8-9,15-16,20H,2,6-7,10-13H2,1H3,(H,18,21). The third-order valence-corrected chi connectivity index (χ3v) is 3.96. The van der Waals surface area contributed by atoms with Crippen molar-refractivity contribution >= 4 is 5.91 Å². The zero-order valence-corrected chi connectivity index (χ0v) is 12.8. The molecule has 4 heteroatoms. The van der Waals surface area contributed by atoms with Gasteiger partial charge in [0.15, 0.2) is 0 Å². The Bertz CT molecular complexity index is 436. The number of likely N-dealkylation sites (tertiary alicyclic amines) is 1. The van der Waals surface area contributed by atoms with Crippen LogP contribution in [-0.4, -0.2) is 41.6 Å². The Balaban J connectivity index is 1.82. The highest BCUT2D eigenvalue weighted by Crippen LogP contribution is 2.17. The van der Waals surface area contributed by atoms with Crippen LogP contribution in [0.3, 0.4) is 0 Å². The van der Waals surface area contributed by atoms with Crippen molar-refractivity contribution in [1.82, 2.24) is 10.2 Å². The van der Waals surface area contributed by atoms with Crippen LogP contribution < -0.4 is 5.32 Å². The summed E-state index contributed by atoms with van der Waals surface area (Å²) >= 11 is 0. The van der Waals surface area contributed by atoms with Gasteiger partial charge in [-0.25, -0.2) is 0 Å². The van der Waals surface area contributed by atoms with Crippen molar-refractivity contribution in [3.63, 3.8) is 0 Å². The fraction of sp³-hybridized carbons (Fsp3) is 0.588. The van der Waals surface area contributed by atoms with Crippen LogP contribution >= 0.6 is 0 Å². The summed E-state index contributed by atoms with van der Waals surface area (Å²) in [6.45, 7) is 4.47. The highest BCUT2D eigenvalue weighted by molar-refractivity contribution is 5.76. The summed E-state index contributed by atoms with van der Waals surface area (Å²) in [4.78, 5) is 13.9. The minimum absolute atomic E-state index is 0.146. The van der Waals surface area contributed by atoms with E-state index in [1.807, 2.05) is 37.3 Å². The third-order valence-electron chi connectivity index (χ3n) is 3.96. The van der Waals surface area contributed by atoms with Gasteiger partial charge in [0, 0.05) is 25.6 Å². The molecular formula is C17H26N2O2. The Morgan fingerprint density at radius 3 is 2.90 bits per heavy atom. The number of benzene rings is 1. The number of nitrogens with zero attached hydrogens (tertiary/aromatic N) is 1. The van der Waals surface area contributed by atoms with Crippen molar-refractivity contribution in [2.24, 2.45) is 0 Å². The molecule has 1 aliphatic heterocycles. The molecule has 2 rings (SSSR count). The van der Waals surface area contributed by atoms with E-state index < -0.39 is 6.10 Å². The third kappa shape index (κ3) is 5.14. The molecule has 4 nitrogen and oxygen atoms in total. The van der Waals surface area contributed by atoms with Gasteiger partial charge in [0.25, 0.3) is 0 Å². The minimum Gasteiger partial charge on any atom is -0.387 e. The quantitative estimate of drug-likeness (QED) is 0.843. The summed E-state index contributed by atoms with van der Waals surface area (Å²) in [5, 5.41) is 13.4. The predicted octanol–water partition coefficient (Wildman–Crippen LogP) is 2.10. The first kappa shape index (κ1) is 16.0. The number of hydrogen-bond acceptors (Lipinski definition) is 3. The highest BCUT2D eigenvalue weighted by atomic mass is 16.3. The molecule has 0 saturated carbocycles. The Kier molecular flexibility index (Phi) is 6.21. The van der Waals surface area contributed by atoms with Gasteiger partial charge in [-0.2, -0.15) is 0 Å². The maximum absolute atomic E-state index is 11.7. The Morgan fingerprint density at radius 2 is 2.19 bits per heavy atom. The van der Waals surface area contributed by atoms with Crippen LogP contribution in [0.2, 0.25) is 0 Å². The first-order valence-electron chi connectivity index (χ1n) is 7.93. The van der Waals surface area contributed by atoms with Crippen molar-refractivity contribution in [2.45, 2.75) is 44.8 Å². The first-order valence-corrected chi connectivity index (χ1v) is 7.93. The van der Waals surface area contributed by atoms with Gasteiger partial charge >= 0.3 is 0 Å². The Hall–Kier alpha value is -1.39. The fourth-order valence-electron chi connectivity index (χ4n) is 2.89. The van der Waals surface area contributed by atoms with E-state index in [2.05, 4.69) is 10.2 Å². The Labute approximate surface area is 127 Å². The second-order valence-electron chi connectivity index (χ2n) is 5.84. The van der Waals surface area contributed by atoms with Gasteiger partial charge in [0.2, 0.25) is 5.91 Å². The normalized spacial score (nSPS) is 21.0. The molecule has 0 spiro atoms.